The number of aromatic nitrogens is 1. The lowest BCUT2D eigenvalue weighted by Gasteiger charge is -2.07. The number of primary amides is 1. The van der Waals surface area contributed by atoms with Gasteiger partial charge < -0.3 is 11.1 Å². The average Bonchev–Trinajstić information content (AvgIpc) is 2.73. The fourth-order valence-corrected chi connectivity index (χ4v) is 2.33. The van der Waals surface area contributed by atoms with Gasteiger partial charge in [-0.3, -0.25) is 4.79 Å². The standard InChI is InChI=1S/C12H13N3OS/c1-8-4-5-9(17-8)7-15-12-10(11(13)16)3-2-6-14-12/h2-6H,7H2,1H3,(H2,13,16)(H,14,15). The zero-order valence-electron chi connectivity index (χ0n) is 9.43. The molecule has 0 fully saturated rings. The van der Waals surface area contributed by atoms with Crippen molar-refractivity contribution in [3.63, 3.8) is 0 Å². The van der Waals surface area contributed by atoms with Gasteiger partial charge in [0.05, 0.1) is 12.1 Å². The molecule has 0 aliphatic carbocycles. The third kappa shape index (κ3) is 2.82. The van der Waals surface area contributed by atoms with Crippen LogP contribution in [0, 0.1) is 6.92 Å². The van der Waals surface area contributed by atoms with E-state index in [1.807, 2.05) is 0 Å². The third-order valence-electron chi connectivity index (χ3n) is 2.30. The number of aryl methyl sites for hydroxylation is 1. The molecule has 0 unspecified atom stereocenters. The van der Waals surface area contributed by atoms with Gasteiger partial charge in [-0.25, -0.2) is 4.98 Å². The van der Waals surface area contributed by atoms with Crippen molar-refractivity contribution in [1.82, 2.24) is 4.98 Å². The van der Waals surface area contributed by atoms with E-state index in [0.717, 1.165) is 0 Å². The predicted molar refractivity (Wildman–Crippen MR) is 69.1 cm³/mol. The number of rotatable bonds is 4. The second-order valence-electron chi connectivity index (χ2n) is 3.63. The Morgan fingerprint density at radius 2 is 2.29 bits per heavy atom. The van der Waals surface area contributed by atoms with E-state index in [-0.39, 0.29) is 0 Å². The minimum Gasteiger partial charge on any atom is -0.365 e. The Labute approximate surface area is 103 Å². The van der Waals surface area contributed by atoms with E-state index in [2.05, 4.69) is 29.4 Å². The highest BCUT2D eigenvalue weighted by Crippen LogP contribution is 2.17. The molecule has 2 rings (SSSR count). The van der Waals surface area contributed by atoms with E-state index >= 15 is 0 Å². The molecular weight excluding hydrogens is 234 g/mol. The lowest BCUT2D eigenvalue weighted by Crippen LogP contribution is -2.15. The summed E-state index contributed by atoms with van der Waals surface area (Å²) in [5.74, 6) is 0.0639. The first kappa shape index (κ1) is 11.6. The first-order chi connectivity index (χ1) is 8.16. The van der Waals surface area contributed by atoms with Gasteiger partial charge in [-0.15, -0.1) is 11.3 Å². The quantitative estimate of drug-likeness (QED) is 0.870. The van der Waals surface area contributed by atoms with E-state index in [1.165, 1.54) is 9.75 Å². The number of nitrogens with two attached hydrogens (primary N) is 1. The van der Waals surface area contributed by atoms with Crippen LogP contribution in [0.1, 0.15) is 20.1 Å². The number of thiophene rings is 1. The van der Waals surface area contributed by atoms with Crippen LogP contribution in [0.5, 0.6) is 0 Å². The molecule has 0 aliphatic heterocycles. The van der Waals surface area contributed by atoms with Crippen molar-refractivity contribution in [2.45, 2.75) is 13.5 Å². The topological polar surface area (TPSA) is 68.0 Å². The number of nitrogens with one attached hydrogen (secondary N) is 1. The van der Waals surface area contributed by atoms with Gasteiger partial charge in [0.15, 0.2) is 0 Å². The van der Waals surface area contributed by atoms with Crippen LogP contribution in [-0.4, -0.2) is 10.9 Å². The number of carbonyl (C=O) groups excluding carboxylic acids is 1. The SMILES string of the molecule is Cc1ccc(CNc2ncccc2C(N)=O)s1. The van der Waals surface area contributed by atoms with Crippen LogP contribution in [-0.2, 0) is 6.54 Å². The molecule has 1 amide bonds. The van der Waals surface area contributed by atoms with Crippen LogP contribution in [0.4, 0.5) is 5.82 Å². The molecular formula is C12H13N3OS. The zero-order valence-corrected chi connectivity index (χ0v) is 10.3. The number of amides is 1. The first-order valence-electron chi connectivity index (χ1n) is 5.21. The summed E-state index contributed by atoms with van der Waals surface area (Å²) < 4.78 is 0. The second kappa shape index (κ2) is 4.97. The molecule has 4 nitrogen and oxygen atoms in total. The smallest absolute Gasteiger partial charge is 0.252 e. The molecule has 0 saturated carbocycles. The van der Waals surface area contributed by atoms with Crippen molar-refractivity contribution < 1.29 is 4.79 Å². The van der Waals surface area contributed by atoms with Gasteiger partial charge in [0.25, 0.3) is 5.91 Å². The average molecular weight is 247 g/mol. The Morgan fingerprint density at radius 3 is 2.94 bits per heavy atom. The largest absolute Gasteiger partial charge is 0.365 e. The Balaban J connectivity index is 2.11. The highest BCUT2D eigenvalue weighted by molar-refractivity contribution is 7.11. The lowest BCUT2D eigenvalue weighted by molar-refractivity contribution is 0.100. The van der Waals surface area contributed by atoms with Crippen LogP contribution >= 0.6 is 11.3 Å². The molecule has 0 spiro atoms. The Kier molecular flexibility index (Phi) is 3.39. The minimum atomic E-state index is -0.469. The number of carbonyl (C=O) groups is 1. The predicted octanol–water partition coefficient (Wildman–Crippen LogP) is 2.16. The first-order valence-corrected chi connectivity index (χ1v) is 6.02. The maximum atomic E-state index is 11.2. The number of pyridine rings is 1. The number of hydrogen-bond acceptors (Lipinski definition) is 4. The van der Waals surface area contributed by atoms with E-state index in [9.17, 15) is 4.79 Å². The summed E-state index contributed by atoms with van der Waals surface area (Å²) in [6.07, 6.45) is 1.63. The van der Waals surface area contributed by atoms with E-state index in [0.29, 0.717) is 17.9 Å². The maximum Gasteiger partial charge on any atom is 0.252 e. The summed E-state index contributed by atoms with van der Waals surface area (Å²) in [6.45, 7) is 2.71. The lowest BCUT2D eigenvalue weighted by atomic mass is 10.2. The molecule has 0 bridgehead atoms. The molecule has 0 aliphatic rings. The summed E-state index contributed by atoms with van der Waals surface area (Å²) in [5, 5.41) is 3.12. The maximum absolute atomic E-state index is 11.2. The van der Waals surface area contributed by atoms with E-state index < -0.39 is 5.91 Å². The molecule has 0 aromatic carbocycles. The van der Waals surface area contributed by atoms with Gasteiger partial charge in [0.2, 0.25) is 0 Å². The van der Waals surface area contributed by atoms with Crippen LogP contribution in [0.15, 0.2) is 30.5 Å². The van der Waals surface area contributed by atoms with Crippen molar-refractivity contribution in [2.24, 2.45) is 5.73 Å². The summed E-state index contributed by atoms with van der Waals surface area (Å²) in [6, 6.07) is 7.48. The van der Waals surface area contributed by atoms with E-state index in [1.54, 1.807) is 29.7 Å². The summed E-state index contributed by atoms with van der Waals surface area (Å²) in [7, 11) is 0. The van der Waals surface area contributed by atoms with E-state index in [4.69, 9.17) is 5.73 Å². The highest BCUT2D eigenvalue weighted by Gasteiger charge is 2.08. The van der Waals surface area contributed by atoms with Crippen LogP contribution in [0.2, 0.25) is 0 Å². The van der Waals surface area contributed by atoms with Gasteiger partial charge >= 0.3 is 0 Å². The number of hydrogen-bond donors (Lipinski definition) is 2. The number of nitrogens with zero attached hydrogens (tertiary/aromatic N) is 1. The molecule has 17 heavy (non-hydrogen) atoms. The Hall–Kier alpha value is -1.88. The third-order valence-corrected chi connectivity index (χ3v) is 3.30. The fraction of sp³-hybridized carbons (Fsp3) is 0.167. The molecule has 5 heteroatoms. The number of anilines is 1. The van der Waals surface area contributed by atoms with Crippen molar-refractivity contribution in [2.75, 3.05) is 5.32 Å². The summed E-state index contributed by atoms with van der Waals surface area (Å²) >= 11 is 1.71. The van der Waals surface area contributed by atoms with Crippen molar-refractivity contribution in [3.8, 4) is 0 Å². The highest BCUT2D eigenvalue weighted by atomic mass is 32.1. The van der Waals surface area contributed by atoms with Gasteiger partial charge in [-0.05, 0) is 31.2 Å². The summed E-state index contributed by atoms with van der Waals surface area (Å²) in [5.41, 5.74) is 5.69. The molecule has 2 heterocycles. The molecule has 3 N–H and O–H groups in total. The minimum absolute atomic E-state index is 0.417. The van der Waals surface area contributed by atoms with Gasteiger partial charge in [0, 0.05) is 16.0 Å². The molecule has 0 radical (unpaired) electrons. The monoisotopic (exact) mass is 247 g/mol. The van der Waals surface area contributed by atoms with Crippen molar-refractivity contribution >= 4 is 23.1 Å². The van der Waals surface area contributed by atoms with Crippen molar-refractivity contribution in [1.29, 1.82) is 0 Å². The van der Waals surface area contributed by atoms with Crippen LogP contribution < -0.4 is 11.1 Å². The molecule has 2 aromatic heterocycles. The molecule has 0 saturated heterocycles. The van der Waals surface area contributed by atoms with Gasteiger partial charge in [-0.2, -0.15) is 0 Å². The van der Waals surface area contributed by atoms with Crippen LogP contribution in [0.25, 0.3) is 0 Å². The zero-order chi connectivity index (χ0) is 12.3. The van der Waals surface area contributed by atoms with Crippen LogP contribution in [0.3, 0.4) is 0 Å². The molecule has 0 atom stereocenters. The Morgan fingerprint density at radius 1 is 1.47 bits per heavy atom. The van der Waals surface area contributed by atoms with Gasteiger partial charge in [0.1, 0.15) is 5.82 Å². The Bertz CT molecular complexity index is 536. The second-order valence-corrected chi connectivity index (χ2v) is 5.00. The fourth-order valence-electron chi connectivity index (χ4n) is 1.50. The normalized spacial score (nSPS) is 10.2. The van der Waals surface area contributed by atoms with Crippen molar-refractivity contribution in [3.05, 3.63) is 45.8 Å². The molecule has 88 valence electrons. The molecule has 2 aromatic rings. The summed E-state index contributed by atoms with van der Waals surface area (Å²) in [4.78, 5) is 17.8. The van der Waals surface area contributed by atoms with Gasteiger partial charge in [-0.1, -0.05) is 0 Å².